The van der Waals surface area contributed by atoms with Gasteiger partial charge < -0.3 is 0 Å². The summed E-state index contributed by atoms with van der Waals surface area (Å²) in [7, 11) is -3.69. The van der Waals surface area contributed by atoms with Gasteiger partial charge in [-0.25, -0.2) is 17.5 Å². The van der Waals surface area contributed by atoms with E-state index in [4.69, 9.17) is 11.6 Å². The number of hydrogen-bond donors (Lipinski definition) is 1. The zero-order valence-electron chi connectivity index (χ0n) is 10.4. The van der Waals surface area contributed by atoms with E-state index >= 15 is 0 Å². The maximum atomic E-state index is 13.0. The standard InChI is InChI=1S/C12H17ClFNO2S/c1-9(2)6-10(13)8-15-18(16,17)12-5-3-4-11(14)7-12/h3-5,7,9-10,15H,6,8H2,1-2H3. The van der Waals surface area contributed by atoms with Gasteiger partial charge in [-0.3, -0.25) is 0 Å². The van der Waals surface area contributed by atoms with Gasteiger partial charge in [0.05, 0.1) is 4.90 Å². The highest BCUT2D eigenvalue weighted by molar-refractivity contribution is 7.89. The molecule has 0 aromatic heterocycles. The molecule has 0 amide bonds. The van der Waals surface area contributed by atoms with E-state index in [0.29, 0.717) is 12.3 Å². The van der Waals surface area contributed by atoms with Crippen molar-refractivity contribution < 1.29 is 12.8 Å². The molecule has 1 unspecified atom stereocenters. The van der Waals surface area contributed by atoms with Gasteiger partial charge in [0.2, 0.25) is 10.0 Å². The summed E-state index contributed by atoms with van der Waals surface area (Å²) >= 11 is 6.00. The summed E-state index contributed by atoms with van der Waals surface area (Å²) in [5, 5.41) is -0.270. The van der Waals surface area contributed by atoms with Crippen molar-refractivity contribution in [2.75, 3.05) is 6.54 Å². The molecule has 1 aromatic rings. The van der Waals surface area contributed by atoms with Crippen molar-refractivity contribution in [1.29, 1.82) is 0 Å². The smallest absolute Gasteiger partial charge is 0.210 e. The lowest BCUT2D eigenvalue weighted by Gasteiger charge is -2.13. The normalized spacial score (nSPS) is 13.8. The van der Waals surface area contributed by atoms with E-state index in [1.807, 2.05) is 13.8 Å². The Bertz CT molecular complexity index is 491. The minimum Gasteiger partial charge on any atom is -0.210 e. The van der Waals surface area contributed by atoms with Gasteiger partial charge in [-0.2, -0.15) is 0 Å². The van der Waals surface area contributed by atoms with E-state index in [1.54, 1.807) is 0 Å². The molecule has 1 N–H and O–H groups in total. The molecule has 1 atom stereocenters. The van der Waals surface area contributed by atoms with E-state index in [2.05, 4.69) is 4.72 Å². The molecule has 0 fully saturated rings. The summed E-state index contributed by atoms with van der Waals surface area (Å²) in [6.45, 7) is 4.16. The van der Waals surface area contributed by atoms with Crippen LogP contribution >= 0.6 is 11.6 Å². The Balaban J connectivity index is 2.66. The van der Waals surface area contributed by atoms with Gasteiger partial charge in [-0.05, 0) is 30.5 Å². The first kappa shape index (κ1) is 15.4. The number of benzene rings is 1. The predicted octanol–water partition coefficient (Wildman–Crippen LogP) is 2.76. The van der Waals surface area contributed by atoms with Gasteiger partial charge in [-0.15, -0.1) is 11.6 Å². The molecule has 6 heteroatoms. The van der Waals surface area contributed by atoms with E-state index in [0.717, 1.165) is 6.07 Å². The van der Waals surface area contributed by atoms with Crippen LogP contribution in [0.1, 0.15) is 20.3 Å². The molecule has 0 bridgehead atoms. The SMILES string of the molecule is CC(C)CC(Cl)CNS(=O)(=O)c1cccc(F)c1. The minimum atomic E-state index is -3.69. The van der Waals surface area contributed by atoms with Crippen molar-refractivity contribution in [3.05, 3.63) is 30.1 Å². The Morgan fingerprint density at radius 2 is 2.06 bits per heavy atom. The Kier molecular flexibility index (Phi) is 5.56. The monoisotopic (exact) mass is 293 g/mol. The quantitative estimate of drug-likeness (QED) is 0.820. The van der Waals surface area contributed by atoms with Crippen LogP contribution in [-0.2, 0) is 10.0 Å². The highest BCUT2D eigenvalue weighted by atomic mass is 35.5. The maximum Gasteiger partial charge on any atom is 0.240 e. The van der Waals surface area contributed by atoms with Crippen molar-refractivity contribution in [2.45, 2.75) is 30.5 Å². The molecule has 102 valence electrons. The van der Waals surface area contributed by atoms with Crippen LogP contribution in [0.25, 0.3) is 0 Å². The zero-order chi connectivity index (χ0) is 13.8. The molecular weight excluding hydrogens is 277 g/mol. The minimum absolute atomic E-state index is 0.0871. The summed E-state index contributed by atoms with van der Waals surface area (Å²) in [4.78, 5) is -0.0871. The average molecular weight is 294 g/mol. The van der Waals surface area contributed by atoms with E-state index in [1.165, 1.54) is 18.2 Å². The van der Waals surface area contributed by atoms with Crippen LogP contribution in [0.15, 0.2) is 29.2 Å². The molecule has 0 saturated heterocycles. The predicted molar refractivity (Wildman–Crippen MR) is 70.7 cm³/mol. The number of halogens is 2. The second kappa shape index (κ2) is 6.50. The lowest BCUT2D eigenvalue weighted by Crippen LogP contribution is -2.30. The molecule has 0 aliphatic carbocycles. The number of hydrogen-bond acceptors (Lipinski definition) is 2. The lowest BCUT2D eigenvalue weighted by atomic mass is 10.1. The number of rotatable bonds is 6. The largest absolute Gasteiger partial charge is 0.240 e. The molecule has 1 rings (SSSR count). The van der Waals surface area contributed by atoms with Gasteiger partial charge in [0.1, 0.15) is 5.82 Å². The molecule has 0 heterocycles. The van der Waals surface area contributed by atoms with Crippen molar-refractivity contribution in [1.82, 2.24) is 4.72 Å². The third kappa shape index (κ3) is 4.92. The first-order valence-electron chi connectivity index (χ1n) is 5.70. The van der Waals surface area contributed by atoms with Crippen LogP contribution in [-0.4, -0.2) is 20.3 Å². The Morgan fingerprint density at radius 1 is 1.39 bits per heavy atom. The number of nitrogens with one attached hydrogen (secondary N) is 1. The third-order valence-corrected chi connectivity index (χ3v) is 4.08. The van der Waals surface area contributed by atoms with Gasteiger partial charge in [0, 0.05) is 11.9 Å². The van der Waals surface area contributed by atoms with Crippen molar-refractivity contribution in [3.63, 3.8) is 0 Å². The molecular formula is C12H17ClFNO2S. The maximum absolute atomic E-state index is 13.0. The van der Waals surface area contributed by atoms with Gasteiger partial charge in [0.15, 0.2) is 0 Å². The molecule has 18 heavy (non-hydrogen) atoms. The summed E-state index contributed by atoms with van der Waals surface area (Å²) in [5.41, 5.74) is 0. The number of sulfonamides is 1. The summed E-state index contributed by atoms with van der Waals surface area (Å²) in [6.07, 6.45) is 0.716. The summed E-state index contributed by atoms with van der Waals surface area (Å²) in [6, 6.07) is 4.88. The first-order valence-corrected chi connectivity index (χ1v) is 7.62. The Labute approximate surface area is 112 Å². The number of alkyl halides is 1. The summed E-state index contributed by atoms with van der Waals surface area (Å²) in [5.74, 6) is -0.186. The van der Waals surface area contributed by atoms with Gasteiger partial charge in [0.25, 0.3) is 0 Å². The molecule has 1 aromatic carbocycles. The van der Waals surface area contributed by atoms with E-state index < -0.39 is 15.8 Å². The molecule has 0 aliphatic rings. The Morgan fingerprint density at radius 3 is 2.61 bits per heavy atom. The second-order valence-corrected chi connectivity index (χ2v) is 6.92. The average Bonchev–Trinajstić information content (AvgIpc) is 2.26. The van der Waals surface area contributed by atoms with Crippen molar-refractivity contribution in [3.8, 4) is 0 Å². The zero-order valence-corrected chi connectivity index (χ0v) is 11.9. The molecule has 0 aliphatic heterocycles. The lowest BCUT2D eigenvalue weighted by molar-refractivity contribution is 0.543. The van der Waals surface area contributed by atoms with Crippen molar-refractivity contribution >= 4 is 21.6 Å². The van der Waals surface area contributed by atoms with Crippen LogP contribution in [0.2, 0.25) is 0 Å². The van der Waals surface area contributed by atoms with Gasteiger partial charge in [-0.1, -0.05) is 19.9 Å². The topological polar surface area (TPSA) is 46.2 Å². The fourth-order valence-electron chi connectivity index (χ4n) is 1.51. The van der Waals surface area contributed by atoms with Crippen LogP contribution in [0.3, 0.4) is 0 Å². The fourth-order valence-corrected chi connectivity index (χ4v) is 3.15. The van der Waals surface area contributed by atoms with Crippen LogP contribution in [0.5, 0.6) is 0 Å². The second-order valence-electron chi connectivity index (χ2n) is 4.54. The van der Waals surface area contributed by atoms with E-state index in [9.17, 15) is 12.8 Å². The van der Waals surface area contributed by atoms with Crippen LogP contribution < -0.4 is 4.72 Å². The third-order valence-electron chi connectivity index (χ3n) is 2.33. The van der Waals surface area contributed by atoms with E-state index in [-0.39, 0.29) is 16.8 Å². The summed E-state index contributed by atoms with van der Waals surface area (Å²) < 4.78 is 39.0. The molecule has 3 nitrogen and oxygen atoms in total. The van der Waals surface area contributed by atoms with Crippen molar-refractivity contribution in [2.24, 2.45) is 5.92 Å². The Hall–Kier alpha value is -0.650. The highest BCUT2D eigenvalue weighted by Crippen LogP contribution is 2.13. The molecule has 0 spiro atoms. The highest BCUT2D eigenvalue weighted by Gasteiger charge is 2.16. The first-order chi connectivity index (χ1) is 8.31. The molecule has 0 saturated carbocycles. The fraction of sp³-hybridized carbons (Fsp3) is 0.500. The van der Waals surface area contributed by atoms with Gasteiger partial charge >= 0.3 is 0 Å². The molecule has 0 radical (unpaired) electrons. The van der Waals surface area contributed by atoms with Crippen LogP contribution in [0.4, 0.5) is 4.39 Å². The van der Waals surface area contributed by atoms with Crippen LogP contribution in [0, 0.1) is 11.7 Å².